The third-order valence-electron chi connectivity index (χ3n) is 3.30. The van der Waals surface area contributed by atoms with Gasteiger partial charge in [0.15, 0.2) is 0 Å². The number of ether oxygens (including phenoxy) is 1. The second-order valence-electron chi connectivity index (χ2n) is 4.52. The lowest BCUT2D eigenvalue weighted by molar-refractivity contribution is -0.133. The monoisotopic (exact) mass is 228 g/mol. The average Bonchev–Trinajstić information content (AvgIpc) is 2.29. The number of carbonyl (C=O) groups excluding carboxylic acids is 1. The Hall–Kier alpha value is -0.610. The lowest BCUT2D eigenvalue weighted by Crippen LogP contribution is -2.42. The number of nitrogens with two attached hydrogens (primary N) is 1. The molecule has 0 aromatic carbocycles. The van der Waals surface area contributed by atoms with E-state index in [1.54, 1.807) is 0 Å². The summed E-state index contributed by atoms with van der Waals surface area (Å²) in [6.07, 6.45) is 2.59. The first-order chi connectivity index (χ1) is 7.65. The van der Waals surface area contributed by atoms with Crippen LogP contribution in [0.5, 0.6) is 0 Å². The summed E-state index contributed by atoms with van der Waals surface area (Å²) in [5, 5.41) is 0. The van der Waals surface area contributed by atoms with E-state index in [0.29, 0.717) is 25.6 Å². The Morgan fingerprint density at radius 3 is 2.62 bits per heavy atom. The van der Waals surface area contributed by atoms with Crippen LogP contribution in [0.25, 0.3) is 0 Å². The van der Waals surface area contributed by atoms with Crippen molar-refractivity contribution in [3.8, 4) is 0 Å². The first-order valence-corrected chi connectivity index (χ1v) is 6.26. The molecule has 1 unspecified atom stereocenters. The fraction of sp³-hybridized carbons (Fsp3) is 0.917. The van der Waals surface area contributed by atoms with E-state index in [0.717, 1.165) is 25.9 Å². The quantitative estimate of drug-likeness (QED) is 0.714. The normalized spacial score (nSPS) is 19.8. The van der Waals surface area contributed by atoms with E-state index >= 15 is 0 Å². The third kappa shape index (κ3) is 4.10. The molecule has 1 saturated heterocycles. The van der Waals surface area contributed by atoms with Crippen LogP contribution in [0.4, 0.5) is 0 Å². The molecule has 0 spiro atoms. The van der Waals surface area contributed by atoms with Gasteiger partial charge >= 0.3 is 0 Å². The number of carbonyl (C=O) groups is 1. The molecule has 0 aliphatic carbocycles. The smallest absolute Gasteiger partial charge is 0.224 e. The lowest BCUT2D eigenvalue weighted by atomic mass is 9.91. The summed E-state index contributed by atoms with van der Waals surface area (Å²) in [6.45, 7) is 6.94. The van der Waals surface area contributed by atoms with Crippen molar-refractivity contribution in [2.24, 2.45) is 11.7 Å². The molecular weight excluding hydrogens is 204 g/mol. The van der Waals surface area contributed by atoms with Gasteiger partial charge in [0.05, 0.1) is 13.0 Å². The van der Waals surface area contributed by atoms with Crippen LogP contribution in [0.2, 0.25) is 0 Å². The van der Waals surface area contributed by atoms with E-state index < -0.39 is 0 Å². The summed E-state index contributed by atoms with van der Waals surface area (Å²) in [7, 11) is 0. The predicted molar refractivity (Wildman–Crippen MR) is 64.1 cm³/mol. The van der Waals surface area contributed by atoms with Crippen molar-refractivity contribution in [1.29, 1.82) is 0 Å². The van der Waals surface area contributed by atoms with E-state index in [-0.39, 0.29) is 11.9 Å². The highest BCUT2D eigenvalue weighted by Gasteiger charge is 2.24. The second kappa shape index (κ2) is 6.86. The summed E-state index contributed by atoms with van der Waals surface area (Å²) in [4.78, 5) is 13.7. The number of nitrogens with zero attached hydrogens (tertiary/aromatic N) is 1. The number of rotatable bonds is 5. The highest BCUT2D eigenvalue weighted by molar-refractivity contribution is 5.76. The summed E-state index contributed by atoms with van der Waals surface area (Å²) in [5.41, 5.74) is 5.86. The van der Waals surface area contributed by atoms with E-state index in [9.17, 15) is 4.79 Å². The fourth-order valence-electron chi connectivity index (χ4n) is 2.14. The molecule has 1 heterocycles. The Labute approximate surface area is 98.1 Å². The van der Waals surface area contributed by atoms with E-state index in [1.807, 2.05) is 11.8 Å². The van der Waals surface area contributed by atoms with Crippen molar-refractivity contribution < 1.29 is 9.53 Å². The van der Waals surface area contributed by atoms with Crippen molar-refractivity contribution >= 4 is 5.91 Å². The van der Waals surface area contributed by atoms with Gasteiger partial charge in [-0.3, -0.25) is 4.79 Å². The number of amides is 1. The van der Waals surface area contributed by atoms with E-state index in [2.05, 4.69) is 6.92 Å². The van der Waals surface area contributed by atoms with Gasteiger partial charge in [0, 0.05) is 25.7 Å². The maximum absolute atomic E-state index is 11.8. The molecule has 1 aliphatic heterocycles. The molecule has 0 aromatic rings. The van der Waals surface area contributed by atoms with Gasteiger partial charge in [0.25, 0.3) is 0 Å². The molecule has 4 nitrogen and oxygen atoms in total. The van der Waals surface area contributed by atoms with Crippen LogP contribution < -0.4 is 5.73 Å². The molecule has 0 radical (unpaired) electrons. The molecule has 1 amide bonds. The van der Waals surface area contributed by atoms with Crippen LogP contribution in [0, 0.1) is 5.92 Å². The molecule has 16 heavy (non-hydrogen) atoms. The molecule has 0 saturated carbocycles. The largest absolute Gasteiger partial charge is 0.381 e. The SMILES string of the molecule is CCOCCC(=O)N1CCC(C(C)N)CC1. The minimum absolute atomic E-state index is 0.219. The molecule has 1 fully saturated rings. The molecule has 1 atom stereocenters. The van der Waals surface area contributed by atoms with Gasteiger partial charge in [0.1, 0.15) is 0 Å². The fourth-order valence-corrected chi connectivity index (χ4v) is 2.14. The van der Waals surface area contributed by atoms with Crippen LogP contribution in [0.3, 0.4) is 0 Å². The van der Waals surface area contributed by atoms with Gasteiger partial charge in [-0.1, -0.05) is 0 Å². The van der Waals surface area contributed by atoms with Crippen LogP contribution in [0.15, 0.2) is 0 Å². The third-order valence-corrected chi connectivity index (χ3v) is 3.30. The lowest BCUT2D eigenvalue weighted by Gasteiger charge is -2.33. The van der Waals surface area contributed by atoms with Gasteiger partial charge in [-0.25, -0.2) is 0 Å². The Morgan fingerprint density at radius 1 is 1.50 bits per heavy atom. The maximum Gasteiger partial charge on any atom is 0.224 e. The molecular formula is C12H24N2O2. The zero-order valence-electron chi connectivity index (χ0n) is 10.4. The zero-order valence-corrected chi connectivity index (χ0v) is 10.4. The van der Waals surface area contributed by atoms with Crippen LogP contribution in [0.1, 0.15) is 33.1 Å². The molecule has 4 heteroatoms. The average molecular weight is 228 g/mol. The number of hydrogen-bond donors (Lipinski definition) is 1. The van der Waals surface area contributed by atoms with Crippen LogP contribution in [-0.4, -0.2) is 43.2 Å². The number of hydrogen-bond acceptors (Lipinski definition) is 3. The van der Waals surface area contributed by atoms with Crippen molar-refractivity contribution in [3.05, 3.63) is 0 Å². The zero-order chi connectivity index (χ0) is 12.0. The number of piperidine rings is 1. The summed E-state index contributed by atoms with van der Waals surface area (Å²) in [5.74, 6) is 0.799. The van der Waals surface area contributed by atoms with E-state index in [4.69, 9.17) is 10.5 Å². The maximum atomic E-state index is 11.8. The van der Waals surface area contributed by atoms with Gasteiger partial charge < -0.3 is 15.4 Å². The van der Waals surface area contributed by atoms with E-state index in [1.165, 1.54) is 0 Å². The van der Waals surface area contributed by atoms with Crippen molar-refractivity contribution in [1.82, 2.24) is 4.90 Å². The first kappa shape index (κ1) is 13.5. The highest BCUT2D eigenvalue weighted by atomic mass is 16.5. The molecule has 0 bridgehead atoms. The molecule has 2 N–H and O–H groups in total. The Bertz CT molecular complexity index is 211. The van der Waals surface area contributed by atoms with Crippen molar-refractivity contribution in [2.75, 3.05) is 26.3 Å². The minimum Gasteiger partial charge on any atom is -0.381 e. The molecule has 94 valence electrons. The van der Waals surface area contributed by atoms with Crippen LogP contribution >= 0.6 is 0 Å². The van der Waals surface area contributed by atoms with Gasteiger partial charge in [-0.15, -0.1) is 0 Å². The molecule has 1 aliphatic rings. The Morgan fingerprint density at radius 2 is 2.12 bits per heavy atom. The topological polar surface area (TPSA) is 55.6 Å². The minimum atomic E-state index is 0.219. The van der Waals surface area contributed by atoms with Gasteiger partial charge in [0.2, 0.25) is 5.91 Å². The Balaban J connectivity index is 2.22. The van der Waals surface area contributed by atoms with Gasteiger partial charge in [-0.05, 0) is 32.6 Å². The second-order valence-corrected chi connectivity index (χ2v) is 4.52. The summed E-state index contributed by atoms with van der Waals surface area (Å²) in [6, 6.07) is 0.251. The highest BCUT2D eigenvalue weighted by Crippen LogP contribution is 2.19. The summed E-state index contributed by atoms with van der Waals surface area (Å²) >= 11 is 0. The number of likely N-dealkylation sites (tertiary alicyclic amines) is 1. The Kier molecular flexibility index (Phi) is 5.77. The molecule has 1 rings (SSSR count). The molecule has 0 aromatic heterocycles. The van der Waals surface area contributed by atoms with Crippen molar-refractivity contribution in [3.63, 3.8) is 0 Å². The predicted octanol–water partition coefficient (Wildman–Crippen LogP) is 0.999. The standard InChI is InChI=1S/C12H24N2O2/c1-3-16-9-6-12(15)14-7-4-11(5-8-14)10(2)13/h10-11H,3-9,13H2,1-2H3. The first-order valence-electron chi connectivity index (χ1n) is 6.26. The van der Waals surface area contributed by atoms with Crippen LogP contribution in [-0.2, 0) is 9.53 Å². The summed E-state index contributed by atoms with van der Waals surface area (Å²) < 4.78 is 5.19. The van der Waals surface area contributed by atoms with Crippen molar-refractivity contribution in [2.45, 2.75) is 39.2 Å². The van der Waals surface area contributed by atoms with Gasteiger partial charge in [-0.2, -0.15) is 0 Å².